The van der Waals surface area contributed by atoms with Gasteiger partial charge in [0, 0.05) is 25.8 Å². The van der Waals surface area contributed by atoms with Crippen molar-refractivity contribution in [3.63, 3.8) is 0 Å². The maximum absolute atomic E-state index is 6.13. The molecule has 0 amide bonds. The summed E-state index contributed by atoms with van der Waals surface area (Å²) in [5.41, 5.74) is 0. The van der Waals surface area contributed by atoms with Crippen LogP contribution in [0.15, 0.2) is 12.3 Å². The Morgan fingerprint density at radius 2 is 2.12 bits per heavy atom. The van der Waals surface area contributed by atoms with Crippen LogP contribution < -0.4 is 10.2 Å². The lowest BCUT2D eigenvalue weighted by Gasteiger charge is -2.23. The minimum atomic E-state index is 0.568. The van der Waals surface area contributed by atoms with E-state index in [1.807, 2.05) is 7.05 Å². The van der Waals surface area contributed by atoms with E-state index in [1.165, 1.54) is 0 Å². The van der Waals surface area contributed by atoms with Gasteiger partial charge in [-0.3, -0.25) is 0 Å². The smallest absolute Gasteiger partial charge is 0.147 e. The average Bonchev–Trinajstić information content (AvgIpc) is 2.25. The van der Waals surface area contributed by atoms with Crippen molar-refractivity contribution in [1.29, 1.82) is 0 Å². The Morgan fingerprint density at radius 3 is 2.69 bits per heavy atom. The van der Waals surface area contributed by atoms with Crippen LogP contribution in [0.3, 0.4) is 0 Å². The van der Waals surface area contributed by atoms with Crippen LogP contribution in [0.4, 0.5) is 5.82 Å². The van der Waals surface area contributed by atoms with Gasteiger partial charge in [0.05, 0.1) is 10.0 Å². The SMILES string of the molecule is CCCN(CCNC)c1ncc(Cl)cc1Cl. The molecule has 0 saturated carbocycles. The molecule has 0 unspecified atom stereocenters. The van der Waals surface area contributed by atoms with Crippen molar-refractivity contribution in [3.8, 4) is 0 Å². The number of nitrogens with zero attached hydrogens (tertiary/aromatic N) is 2. The number of anilines is 1. The molecule has 0 saturated heterocycles. The van der Waals surface area contributed by atoms with Gasteiger partial charge in [-0.2, -0.15) is 0 Å². The van der Waals surface area contributed by atoms with Crippen LogP contribution >= 0.6 is 23.2 Å². The zero-order chi connectivity index (χ0) is 12.0. The van der Waals surface area contributed by atoms with E-state index in [2.05, 4.69) is 22.1 Å². The van der Waals surface area contributed by atoms with Crippen LogP contribution in [-0.4, -0.2) is 31.7 Å². The second-order valence-electron chi connectivity index (χ2n) is 3.55. The molecule has 0 atom stereocenters. The lowest BCUT2D eigenvalue weighted by Crippen LogP contribution is -2.32. The predicted octanol–water partition coefficient (Wildman–Crippen LogP) is 2.82. The van der Waals surface area contributed by atoms with E-state index in [0.29, 0.717) is 10.0 Å². The number of rotatable bonds is 6. The van der Waals surface area contributed by atoms with Crippen molar-refractivity contribution >= 4 is 29.0 Å². The average molecular weight is 262 g/mol. The molecule has 1 rings (SSSR count). The van der Waals surface area contributed by atoms with E-state index in [1.54, 1.807) is 12.3 Å². The Hall–Kier alpha value is -0.510. The van der Waals surface area contributed by atoms with Crippen molar-refractivity contribution in [1.82, 2.24) is 10.3 Å². The Kier molecular flexibility index (Phi) is 5.88. The monoisotopic (exact) mass is 261 g/mol. The summed E-state index contributed by atoms with van der Waals surface area (Å²) in [6.07, 6.45) is 2.69. The van der Waals surface area contributed by atoms with Crippen molar-refractivity contribution in [2.24, 2.45) is 0 Å². The van der Waals surface area contributed by atoms with E-state index in [0.717, 1.165) is 31.9 Å². The first-order valence-corrected chi connectivity index (χ1v) is 6.15. The molecule has 3 nitrogen and oxygen atoms in total. The second-order valence-corrected chi connectivity index (χ2v) is 4.39. The summed E-state index contributed by atoms with van der Waals surface area (Å²) in [6, 6.07) is 1.73. The summed E-state index contributed by atoms with van der Waals surface area (Å²) in [5, 5.41) is 4.30. The lowest BCUT2D eigenvalue weighted by molar-refractivity contribution is 0.702. The Labute approximate surface area is 107 Å². The fourth-order valence-electron chi connectivity index (χ4n) is 1.48. The summed E-state index contributed by atoms with van der Waals surface area (Å²) in [5.74, 6) is 0.808. The van der Waals surface area contributed by atoms with Gasteiger partial charge in [0.25, 0.3) is 0 Å². The van der Waals surface area contributed by atoms with E-state index < -0.39 is 0 Å². The molecule has 16 heavy (non-hydrogen) atoms. The standard InChI is InChI=1S/C11H17Cl2N3/c1-3-5-16(6-4-14-2)11-10(13)7-9(12)8-15-11/h7-8,14H,3-6H2,1-2H3. The molecule has 0 fully saturated rings. The first-order chi connectivity index (χ1) is 7.69. The van der Waals surface area contributed by atoms with Gasteiger partial charge >= 0.3 is 0 Å². The largest absolute Gasteiger partial charge is 0.354 e. The molecular weight excluding hydrogens is 245 g/mol. The molecule has 0 aliphatic heterocycles. The van der Waals surface area contributed by atoms with Gasteiger partial charge in [-0.15, -0.1) is 0 Å². The van der Waals surface area contributed by atoms with E-state index in [4.69, 9.17) is 23.2 Å². The van der Waals surface area contributed by atoms with Crippen molar-refractivity contribution in [3.05, 3.63) is 22.3 Å². The molecule has 1 aromatic heterocycles. The fraction of sp³-hybridized carbons (Fsp3) is 0.545. The Morgan fingerprint density at radius 1 is 1.38 bits per heavy atom. The molecule has 1 N–H and O–H groups in total. The van der Waals surface area contributed by atoms with Gasteiger partial charge in [0.2, 0.25) is 0 Å². The third kappa shape index (κ3) is 3.81. The van der Waals surface area contributed by atoms with E-state index >= 15 is 0 Å². The molecule has 0 spiro atoms. The number of nitrogens with one attached hydrogen (secondary N) is 1. The second kappa shape index (κ2) is 6.94. The quantitative estimate of drug-likeness (QED) is 0.854. The van der Waals surface area contributed by atoms with Crippen molar-refractivity contribution in [2.75, 3.05) is 31.6 Å². The van der Waals surface area contributed by atoms with Gasteiger partial charge < -0.3 is 10.2 Å². The van der Waals surface area contributed by atoms with Crippen LogP contribution in [0.1, 0.15) is 13.3 Å². The number of aromatic nitrogens is 1. The zero-order valence-electron chi connectivity index (χ0n) is 9.63. The van der Waals surface area contributed by atoms with E-state index in [-0.39, 0.29) is 0 Å². The normalized spacial score (nSPS) is 10.5. The number of likely N-dealkylation sites (N-methyl/N-ethyl adjacent to an activating group) is 1. The molecule has 1 heterocycles. The highest BCUT2D eigenvalue weighted by Gasteiger charge is 2.10. The molecule has 5 heteroatoms. The molecule has 1 aromatic rings. The molecule has 0 aliphatic carbocycles. The van der Waals surface area contributed by atoms with Gasteiger partial charge in [-0.05, 0) is 19.5 Å². The highest BCUT2D eigenvalue weighted by Crippen LogP contribution is 2.25. The van der Waals surface area contributed by atoms with Crippen LogP contribution in [0.25, 0.3) is 0 Å². The molecule has 0 bridgehead atoms. The number of pyridine rings is 1. The summed E-state index contributed by atoms with van der Waals surface area (Å²) in [7, 11) is 1.93. The van der Waals surface area contributed by atoms with Crippen LogP contribution in [0.2, 0.25) is 10.0 Å². The lowest BCUT2D eigenvalue weighted by atomic mass is 10.3. The topological polar surface area (TPSA) is 28.2 Å². The molecule has 0 radical (unpaired) electrons. The first kappa shape index (κ1) is 13.6. The third-order valence-corrected chi connectivity index (χ3v) is 2.70. The highest BCUT2D eigenvalue weighted by atomic mass is 35.5. The molecular formula is C11H17Cl2N3. The highest BCUT2D eigenvalue weighted by molar-refractivity contribution is 6.36. The van der Waals surface area contributed by atoms with Crippen molar-refractivity contribution < 1.29 is 0 Å². The van der Waals surface area contributed by atoms with Crippen LogP contribution in [0, 0.1) is 0 Å². The maximum atomic E-state index is 6.13. The number of hydrogen-bond donors (Lipinski definition) is 1. The van der Waals surface area contributed by atoms with Gasteiger partial charge in [-0.1, -0.05) is 30.1 Å². The Bertz CT molecular complexity index is 331. The first-order valence-electron chi connectivity index (χ1n) is 5.39. The maximum Gasteiger partial charge on any atom is 0.147 e. The number of hydrogen-bond acceptors (Lipinski definition) is 3. The Balaban J connectivity index is 2.82. The minimum absolute atomic E-state index is 0.568. The third-order valence-electron chi connectivity index (χ3n) is 2.21. The van der Waals surface area contributed by atoms with Gasteiger partial charge in [0.15, 0.2) is 0 Å². The fourth-order valence-corrected chi connectivity index (χ4v) is 1.98. The minimum Gasteiger partial charge on any atom is -0.354 e. The van der Waals surface area contributed by atoms with Gasteiger partial charge in [0.1, 0.15) is 5.82 Å². The molecule has 0 aromatic carbocycles. The molecule has 90 valence electrons. The van der Waals surface area contributed by atoms with Crippen LogP contribution in [-0.2, 0) is 0 Å². The molecule has 0 aliphatic rings. The summed E-state index contributed by atoms with van der Waals surface area (Å²) >= 11 is 12.0. The summed E-state index contributed by atoms with van der Waals surface area (Å²) < 4.78 is 0. The zero-order valence-corrected chi connectivity index (χ0v) is 11.1. The summed E-state index contributed by atoms with van der Waals surface area (Å²) in [6.45, 7) is 4.87. The number of halogens is 2. The van der Waals surface area contributed by atoms with Crippen LogP contribution in [0.5, 0.6) is 0 Å². The van der Waals surface area contributed by atoms with Gasteiger partial charge in [-0.25, -0.2) is 4.98 Å². The summed E-state index contributed by atoms with van der Waals surface area (Å²) in [4.78, 5) is 6.45. The van der Waals surface area contributed by atoms with E-state index in [9.17, 15) is 0 Å². The van der Waals surface area contributed by atoms with Crippen molar-refractivity contribution in [2.45, 2.75) is 13.3 Å². The predicted molar refractivity (Wildman–Crippen MR) is 70.7 cm³/mol.